The van der Waals surface area contributed by atoms with Crippen LogP contribution >= 0.6 is 11.6 Å². The molecule has 0 aromatic heterocycles. The van der Waals surface area contributed by atoms with Crippen molar-refractivity contribution < 1.29 is 17.9 Å². The third kappa shape index (κ3) is 2.65. The molecule has 0 N–H and O–H groups in total. The van der Waals surface area contributed by atoms with E-state index in [0.717, 1.165) is 0 Å². The average Bonchev–Trinajstić information content (AvgIpc) is 2.76. The second-order valence-corrected chi connectivity index (χ2v) is 8.31. The molecule has 2 aromatic rings. The number of benzene rings is 2. The quantitative estimate of drug-likeness (QED) is 0.837. The Kier molecular flexibility index (Phi) is 4.27. The summed E-state index contributed by atoms with van der Waals surface area (Å²) in [5, 5.41) is -1.64. The minimum Gasteiger partial charge on any atom is -0.497 e. The number of nitrogens with zero attached hydrogens (tertiary/aromatic N) is 1. The largest absolute Gasteiger partial charge is 0.497 e. The van der Waals surface area contributed by atoms with Crippen molar-refractivity contribution in [1.29, 1.82) is 0 Å². The summed E-state index contributed by atoms with van der Waals surface area (Å²) in [6, 6.07) is 13.2. The standard InChI is InChI=1S/C17H16ClNO4S/c1-11-16(20)19(14-7-5-13(18)6-8-14)17(24(11,21)22)12-3-9-15(23-2)10-4-12/h3-11,17H,1-2H3/t11-,17+/m1/s1. The van der Waals surface area contributed by atoms with Crippen LogP contribution in [-0.4, -0.2) is 26.7 Å². The molecular formula is C17H16ClNO4S. The van der Waals surface area contributed by atoms with E-state index < -0.39 is 26.4 Å². The first-order valence-electron chi connectivity index (χ1n) is 7.31. The molecule has 1 aliphatic heterocycles. The van der Waals surface area contributed by atoms with Gasteiger partial charge in [-0.1, -0.05) is 23.7 Å². The zero-order chi connectivity index (χ0) is 17.5. The molecule has 126 valence electrons. The average molecular weight is 366 g/mol. The van der Waals surface area contributed by atoms with Gasteiger partial charge in [-0.2, -0.15) is 0 Å². The van der Waals surface area contributed by atoms with Crippen LogP contribution in [-0.2, 0) is 14.6 Å². The Morgan fingerprint density at radius 3 is 2.17 bits per heavy atom. The van der Waals surface area contributed by atoms with Crippen molar-refractivity contribution in [2.75, 3.05) is 12.0 Å². The fraction of sp³-hybridized carbons (Fsp3) is 0.235. The van der Waals surface area contributed by atoms with Crippen LogP contribution in [0.4, 0.5) is 5.69 Å². The number of methoxy groups -OCH3 is 1. The van der Waals surface area contributed by atoms with E-state index in [4.69, 9.17) is 16.3 Å². The number of ether oxygens (including phenoxy) is 1. The SMILES string of the molecule is COc1ccc([C@H]2N(c3ccc(Cl)cc3)C(=O)[C@@H](C)S2(=O)=O)cc1. The second kappa shape index (κ2) is 6.11. The highest BCUT2D eigenvalue weighted by Gasteiger charge is 2.51. The summed E-state index contributed by atoms with van der Waals surface area (Å²) in [6.45, 7) is 1.42. The van der Waals surface area contributed by atoms with Crippen LogP contribution in [0.3, 0.4) is 0 Å². The lowest BCUT2D eigenvalue weighted by Gasteiger charge is -2.24. The van der Waals surface area contributed by atoms with Gasteiger partial charge in [0.2, 0.25) is 5.91 Å². The molecule has 3 rings (SSSR count). The maximum atomic E-state index is 12.8. The van der Waals surface area contributed by atoms with Gasteiger partial charge in [0.1, 0.15) is 11.0 Å². The van der Waals surface area contributed by atoms with Crippen LogP contribution in [0.25, 0.3) is 0 Å². The monoisotopic (exact) mass is 365 g/mol. The van der Waals surface area contributed by atoms with Crippen LogP contribution in [0.15, 0.2) is 48.5 Å². The highest BCUT2D eigenvalue weighted by Crippen LogP contribution is 2.41. The number of amides is 1. The number of anilines is 1. The lowest BCUT2D eigenvalue weighted by Crippen LogP contribution is -2.30. The molecule has 2 atom stereocenters. The van der Waals surface area contributed by atoms with E-state index in [0.29, 0.717) is 22.0 Å². The van der Waals surface area contributed by atoms with Gasteiger partial charge < -0.3 is 4.74 Å². The highest BCUT2D eigenvalue weighted by atomic mass is 35.5. The predicted octanol–water partition coefficient (Wildman–Crippen LogP) is 3.20. The van der Waals surface area contributed by atoms with Gasteiger partial charge in [-0.05, 0) is 48.9 Å². The van der Waals surface area contributed by atoms with Gasteiger partial charge in [-0.15, -0.1) is 0 Å². The summed E-state index contributed by atoms with van der Waals surface area (Å²) in [5.74, 6) is 0.171. The smallest absolute Gasteiger partial charge is 0.246 e. The molecule has 0 bridgehead atoms. The van der Waals surface area contributed by atoms with Crippen molar-refractivity contribution in [1.82, 2.24) is 0 Å². The number of sulfone groups is 1. The molecule has 1 heterocycles. The first kappa shape index (κ1) is 16.8. The van der Waals surface area contributed by atoms with E-state index in [-0.39, 0.29) is 0 Å². The number of carbonyl (C=O) groups is 1. The van der Waals surface area contributed by atoms with Crippen molar-refractivity contribution >= 4 is 33.0 Å². The molecule has 0 saturated carbocycles. The number of hydrogen-bond acceptors (Lipinski definition) is 4. The molecule has 7 heteroatoms. The Labute approximate surface area is 145 Å². The second-order valence-electron chi connectivity index (χ2n) is 5.54. The molecular weight excluding hydrogens is 350 g/mol. The molecule has 1 amide bonds. The summed E-state index contributed by atoms with van der Waals surface area (Å²) in [6.07, 6.45) is 0. The van der Waals surface area contributed by atoms with E-state index in [2.05, 4.69) is 0 Å². The Morgan fingerprint density at radius 2 is 1.62 bits per heavy atom. The van der Waals surface area contributed by atoms with Crippen molar-refractivity contribution in [3.8, 4) is 5.75 Å². The van der Waals surface area contributed by atoms with Gasteiger partial charge in [-0.3, -0.25) is 9.69 Å². The third-order valence-corrected chi connectivity index (χ3v) is 6.67. The molecule has 1 aliphatic rings. The lowest BCUT2D eigenvalue weighted by molar-refractivity contribution is -0.117. The molecule has 2 aromatic carbocycles. The zero-order valence-corrected chi connectivity index (χ0v) is 14.7. The van der Waals surface area contributed by atoms with Crippen LogP contribution in [0.1, 0.15) is 17.9 Å². The van der Waals surface area contributed by atoms with E-state index >= 15 is 0 Å². The molecule has 1 fully saturated rings. The third-order valence-electron chi connectivity index (χ3n) is 4.13. The maximum Gasteiger partial charge on any atom is 0.246 e. The molecule has 1 saturated heterocycles. The van der Waals surface area contributed by atoms with E-state index in [1.54, 1.807) is 48.5 Å². The van der Waals surface area contributed by atoms with Gasteiger partial charge in [0.15, 0.2) is 15.2 Å². The number of hydrogen-bond donors (Lipinski definition) is 0. The van der Waals surface area contributed by atoms with Crippen molar-refractivity contribution in [3.63, 3.8) is 0 Å². The first-order chi connectivity index (χ1) is 11.4. The van der Waals surface area contributed by atoms with Gasteiger partial charge in [0.25, 0.3) is 0 Å². The molecule has 5 nitrogen and oxygen atoms in total. The van der Waals surface area contributed by atoms with Gasteiger partial charge in [0, 0.05) is 10.7 Å². The molecule has 0 spiro atoms. The zero-order valence-electron chi connectivity index (χ0n) is 13.1. The van der Waals surface area contributed by atoms with Crippen molar-refractivity contribution in [2.45, 2.75) is 17.5 Å². The predicted molar refractivity (Wildman–Crippen MR) is 93.1 cm³/mol. The fourth-order valence-corrected chi connectivity index (χ4v) is 4.73. The van der Waals surface area contributed by atoms with Crippen molar-refractivity contribution in [2.24, 2.45) is 0 Å². The van der Waals surface area contributed by atoms with E-state index in [1.165, 1.54) is 18.9 Å². The topological polar surface area (TPSA) is 63.7 Å². The van der Waals surface area contributed by atoms with Crippen LogP contribution in [0.5, 0.6) is 5.75 Å². The lowest BCUT2D eigenvalue weighted by atomic mass is 10.1. The number of rotatable bonds is 3. The molecule has 0 unspecified atom stereocenters. The highest BCUT2D eigenvalue weighted by molar-refractivity contribution is 7.93. The van der Waals surface area contributed by atoms with Crippen LogP contribution in [0.2, 0.25) is 5.02 Å². The summed E-state index contributed by atoms with van der Waals surface area (Å²) >= 11 is 5.89. The number of halogens is 1. The Hall–Kier alpha value is -2.05. The maximum absolute atomic E-state index is 12.8. The Morgan fingerprint density at radius 1 is 1.04 bits per heavy atom. The van der Waals surface area contributed by atoms with E-state index in [1.807, 2.05) is 0 Å². The normalized spacial score (nSPS) is 22.6. The van der Waals surface area contributed by atoms with Gasteiger partial charge >= 0.3 is 0 Å². The molecule has 0 radical (unpaired) electrons. The summed E-state index contributed by atoms with van der Waals surface area (Å²) in [4.78, 5) is 13.9. The van der Waals surface area contributed by atoms with Gasteiger partial charge in [0.05, 0.1) is 7.11 Å². The van der Waals surface area contributed by atoms with Gasteiger partial charge in [-0.25, -0.2) is 8.42 Å². The summed E-state index contributed by atoms with van der Waals surface area (Å²) in [5.41, 5.74) is 1.02. The van der Waals surface area contributed by atoms with E-state index in [9.17, 15) is 13.2 Å². The molecule has 0 aliphatic carbocycles. The summed E-state index contributed by atoms with van der Waals surface area (Å²) in [7, 11) is -2.16. The van der Waals surface area contributed by atoms with Crippen molar-refractivity contribution in [3.05, 3.63) is 59.1 Å². The molecule has 24 heavy (non-hydrogen) atoms. The minimum atomic E-state index is -3.69. The number of carbonyl (C=O) groups excluding carboxylic acids is 1. The summed E-state index contributed by atoms with van der Waals surface area (Å²) < 4.78 is 30.7. The van der Waals surface area contributed by atoms with Crippen LogP contribution in [0, 0.1) is 0 Å². The van der Waals surface area contributed by atoms with Crippen LogP contribution < -0.4 is 9.64 Å². The first-order valence-corrected chi connectivity index (χ1v) is 9.30. The Balaban J connectivity index is 2.13. The fourth-order valence-electron chi connectivity index (χ4n) is 2.76. The minimum absolute atomic E-state index is 0.446. The Bertz CT molecular complexity index is 862.